The molecule has 1 atom stereocenters. The molecule has 3 N–H and O–H groups in total. The van der Waals surface area contributed by atoms with Crippen molar-refractivity contribution in [2.45, 2.75) is 5.92 Å². The number of carbonyl (C=O) groups excluding carboxylic acids is 2. The van der Waals surface area contributed by atoms with E-state index in [2.05, 4.69) is 10.3 Å². The highest BCUT2D eigenvalue weighted by Crippen LogP contribution is 2.33. The molecule has 6 nitrogen and oxygen atoms in total. The number of rotatable bonds is 4. The number of amides is 2. The first-order chi connectivity index (χ1) is 8.18. The van der Waals surface area contributed by atoms with Gasteiger partial charge in [-0.25, -0.2) is 5.48 Å². The van der Waals surface area contributed by atoms with E-state index in [9.17, 15) is 9.59 Å². The smallest absolute Gasteiger partial charge is 0.254 e. The SMILES string of the molecule is NC(=O)CONC(=O)C1COc2ccccc21. The third-order valence-corrected chi connectivity index (χ3v) is 2.40. The number of nitrogens with one attached hydrogen (secondary N) is 1. The Hall–Kier alpha value is -2.08. The number of nitrogens with two attached hydrogens (primary N) is 1. The summed E-state index contributed by atoms with van der Waals surface area (Å²) in [6.07, 6.45) is 0. The lowest BCUT2D eigenvalue weighted by molar-refractivity contribution is -0.139. The van der Waals surface area contributed by atoms with E-state index in [1.54, 1.807) is 6.07 Å². The number of para-hydroxylation sites is 1. The Morgan fingerprint density at radius 2 is 2.24 bits per heavy atom. The van der Waals surface area contributed by atoms with E-state index in [1.807, 2.05) is 18.2 Å². The number of ether oxygens (including phenoxy) is 1. The molecule has 0 saturated heterocycles. The van der Waals surface area contributed by atoms with E-state index in [0.29, 0.717) is 5.75 Å². The fourth-order valence-corrected chi connectivity index (χ4v) is 1.63. The largest absolute Gasteiger partial charge is 0.492 e. The molecule has 1 aliphatic heterocycles. The molecule has 0 radical (unpaired) electrons. The van der Waals surface area contributed by atoms with E-state index in [1.165, 1.54) is 0 Å². The summed E-state index contributed by atoms with van der Waals surface area (Å²) in [6.45, 7) is -0.0773. The lowest BCUT2D eigenvalue weighted by atomic mass is 10.0. The molecule has 1 aromatic carbocycles. The number of primary amides is 1. The van der Waals surface area contributed by atoms with E-state index >= 15 is 0 Å². The van der Waals surface area contributed by atoms with Gasteiger partial charge in [0, 0.05) is 5.56 Å². The molecule has 2 amide bonds. The van der Waals surface area contributed by atoms with Crippen LogP contribution in [0.5, 0.6) is 5.75 Å². The van der Waals surface area contributed by atoms with Gasteiger partial charge in [0.05, 0.1) is 0 Å². The monoisotopic (exact) mass is 236 g/mol. The van der Waals surface area contributed by atoms with Crippen LogP contribution in [0.4, 0.5) is 0 Å². The highest BCUT2D eigenvalue weighted by atomic mass is 16.7. The highest BCUT2D eigenvalue weighted by Gasteiger charge is 2.30. The minimum atomic E-state index is -0.645. The molecule has 0 saturated carbocycles. The standard InChI is InChI=1S/C11H12N2O4/c12-10(14)6-17-13-11(15)8-5-16-9-4-2-1-3-7(8)9/h1-4,8H,5-6H2,(H2,12,14)(H,13,15). The predicted octanol–water partition coefficient (Wildman–Crippen LogP) is -0.304. The van der Waals surface area contributed by atoms with Gasteiger partial charge in [-0.3, -0.25) is 14.4 Å². The summed E-state index contributed by atoms with van der Waals surface area (Å²) < 4.78 is 5.35. The molecule has 17 heavy (non-hydrogen) atoms. The normalized spacial score (nSPS) is 17.1. The van der Waals surface area contributed by atoms with Crippen LogP contribution < -0.4 is 16.0 Å². The summed E-state index contributed by atoms with van der Waals surface area (Å²) in [5.41, 5.74) is 7.86. The third kappa shape index (κ3) is 2.54. The fraction of sp³-hybridized carbons (Fsp3) is 0.273. The summed E-state index contributed by atoms with van der Waals surface area (Å²) in [7, 11) is 0. The average Bonchev–Trinajstić information content (AvgIpc) is 2.72. The van der Waals surface area contributed by atoms with E-state index < -0.39 is 11.8 Å². The van der Waals surface area contributed by atoms with Gasteiger partial charge < -0.3 is 10.5 Å². The fourth-order valence-electron chi connectivity index (χ4n) is 1.63. The Kier molecular flexibility index (Phi) is 3.24. The predicted molar refractivity (Wildman–Crippen MR) is 58.0 cm³/mol. The van der Waals surface area contributed by atoms with Crippen LogP contribution in [0.2, 0.25) is 0 Å². The van der Waals surface area contributed by atoms with Crippen molar-refractivity contribution < 1.29 is 19.2 Å². The lowest BCUT2D eigenvalue weighted by Gasteiger charge is -2.09. The maximum atomic E-state index is 11.7. The number of hydrogen-bond acceptors (Lipinski definition) is 4. The number of fused-ring (bicyclic) bond motifs is 1. The van der Waals surface area contributed by atoms with E-state index in [-0.39, 0.29) is 19.1 Å². The van der Waals surface area contributed by atoms with Crippen molar-refractivity contribution in [3.63, 3.8) is 0 Å². The van der Waals surface area contributed by atoms with Crippen molar-refractivity contribution in [3.05, 3.63) is 29.8 Å². The molecule has 0 spiro atoms. The number of carbonyl (C=O) groups is 2. The van der Waals surface area contributed by atoms with Gasteiger partial charge in [0.1, 0.15) is 18.3 Å². The molecule has 0 bridgehead atoms. The second-order valence-electron chi connectivity index (χ2n) is 3.62. The van der Waals surface area contributed by atoms with Gasteiger partial charge in [0.15, 0.2) is 6.61 Å². The van der Waals surface area contributed by atoms with Crippen molar-refractivity contribution in [2.75, 3.05) is 13.2 Å². The van der Waals surface area contributed by atoms with Crippen LogP contribution in [0.1, 0.15) is 11.5 Å². The van der Waals surface area contributed by atoms with Gasteiger partial charge in [0.2, 0.25) is 5.91 Å². The first-order valence-corrected chi connectivity index (χ1v) is 5.10. The van der Waals surface area contributed by atoms with Gasteiger partial charge in [-0.15, -0.1) is 0 Å². The zero-order valence-corrected chi connectivity index (χ0v) is 9.01. The summed E-state index contributed by atoms with van der Waals surface area (Å²) in [4.78, 5) is 26.8. The molecule has 0 aromatic heterocycles. The molecule has 1 aromatic rings. The Morgan fingerprint density at radius 1 is 1.47 bits per heavy atom. The number of hydroxylamine groups is 1. The molecule has 1 heterocycles. The van der Waals surface area contributed by atoms with Gasteiger partial charge in [-0.05, 0) is 6.07 Å². The molecule has 1 aliphatic rings. The zero-order chi connectivity index (χ0) is 12.3. The lowest BCUT2D eigenvalue weighted by Crippen LogP contribution is -2.33. The van der Waals surface area contributed by atoms with Gasteiger partial charge in [-0.2, -0.15) is 0 Å². The minimum Gasteiger partial charge on any atom is -0.492 e. The average molecular weight is 236 g/mol. The van der Waals surface area contributed by atoms with Crippen molar-refractivity contribution in [2.24, 2.45) is 5.73 Å². The maximum absolute atomic E-state index is 11.7. The highest BCUT2D eigenvalue weighted by molar-refractivity contribution is 5.84. The zero-order valence-electron chi connectivity index (χ0n) is 9.01. The van der Waals surface area contributed by atoms with Crippen molar-refractivity contribution in [1.82, 2.24) is 5.48 Å². The van der Waals surface area contributed by atoms with Crippen molar-refractivity contribution >= 4 is 11.8 Å². The maximum Gasteiger partial charge on any atom is 0.254 e. The summed E-state index contributed by atoms with van der Waals surface area (Å²) in [6, 6.07) is 7.29. The van der Waals surface area contributed by atoms with E-state index in [4.69, 9.17) is 10.5 Å². The van der Waals surface area contributed by atoms with Crippen LogP contribution in [0.25, 0.3) is 0 Å². The third-order valence-electron chi connectivity index (χ3n) is 2.40. The van der Waals surface area contributed by atoms with Crippen LogP contribution in [-0.2, 0) is 14.4 Å². The Labute approximate surface area is 97.6 Å². The summed E-state index contributed by atoms with van der Waals surface area (Å²) in [5, 5.41) is 0. The second kappa shape index (κ2) is 4.84. The quantitative estimate of drug-likeness (QED) is 0.702. The van der Waals surface area contributed by atoms with Crippen molar-refractivity contribution in [3.8, 4) is 5.75 Å². The van der Waals surface area contributed by atoms with Crippen LogP contribution >= 0.6 is 0 Å². The molecular weight excluding hydrogens is 224 g/mol. The first kappa shape index (κ1) is 11.4. The Bertz CT molecular complexity index is 447. The van der Waals surface area contributed by atoms with Crippen LogP contribution in [-0.4, -0.2) is 25.0 Å². The summed E-state index contributed by atoms with van der Waals surface area (Å²) in [5.74, 6) is -0.716. The molecule has 6 heteroatoms. The van der Waals surface area contributed by atoms with E-state index in [0.717, 1.165) is 5.56 Å². The number of hydrogen-bond donors (Lipinski definition) is 2. The van der Waals surface area contributed by atoms with Crippen LogP contribution in [0.15, 0.2) is 24.3 Å². The van der Waals surface area contributed by atoms with Crippen LogP contribution in [0.3, 0.4) is 0 Å². The molecule has 2 rings (SSSR count). The number of benzene rings is 1. The first-order valence-electron chi connectivity index (χ1n) is 5.10. The second-order valence-corrected chi connectivity index (χ2v) is 3.62. The topological polar surface area (TPSA) is 90.7 Å². The molecule has 90 valence electrons. The minimum absolute atomic E-state index is 0.269. The van der Waals surface area contributed by atoms with Crippen LogP contribution in [0, 0.1) is 0 Å². The van der Waals surface area contributed by atoms with Gasteiger partial charge in [-0.1, -0.05) is 18.2 Å². The molecular formula is C11H12N2O4. The summed E-state index contributed by atoms with van der Waals surface area (Å²) >= 11 is 0. The van der Waals surface area contributed by atoms with Gasteiger partial charge in [0.25, 0.3) is 5.91 Å². The molecule has 0 aliphatic carbocycles. The molecule has 0 fully saturated rings. The van der Waals surface area contributed by atoms with Gasteiger partial charge >= 0.3 is 0 Å². The molecule has 1 unspecified atom stereocenters. The Balaban J connectivity index is 1.96. The van der Waals surface area contributed by atoms with Crippen molar-refractivity contribution in [1.29, 1.82) is 0 Å². The Morgan fingerprint density at radius 3 is 3.00 bits per heavy atom.